The average Bonchev–Trinajstić information content (AvgIpc) is 3.02. The number of hydrogen-bond acceptors (Lipinski definition) is 5. The maximum atomic E-state index is 5.35. The molecule has 0 unspecified atom stereocenters. The Kier molecular flexibility index (Phi) is 4.58. The summed E-state index contributed by atoms with van der Waals surface area (Å²) in [6.07, 6.45) is 1.61. The van der Waals surface area contributed by atoms with Crippen LogP contribution >= 0.6 is 12.2 Å². The third kappa shape index (κ3) is 3.70. The number of methoxy groups -OCH3 is 1. The van der Waals surface area contributed by atoms with E-state index in [9.17, 15) is 0 Å². The predicted molar refractivity (Wildman–Crippen MR) is 92.5 cm³/mol. The first-order valence-electron chi connectivity index (χ1n) is 6.89. The molecule has 23 heavy (non-hydrogen) atoms. The first-order chi connectivity index (χ1) is 11.3. The number of nitrogens with zero attached hydrogens (tertiary/aromatic N) is 1. The van der Waals surface area contributed by atoms with E-state index in [1.807, 2.05) is 30.3 Å². The summed E-state index contributed by atoms with van der Waals surface area (Å²) in [7, 11) is 1.59. The summed E-state index contributed by atoms with van der Waals surface area (Å²) >= 11 is 5.18. The second kappa shape index (κ2) is 6.97. The van der Waals surface area contributed by atoms with Crippen LogP contribution in [0.5, 0.6) is 17.2 Å². The van der Waals surface area contributed by atoms with Gasteiger partial charge in [-0.15, -0.1) is 0 Å². The molecule has 1 heterocycles. The number of nitrogens with one attached hydrogen (secondary N) is 2. The number of hydrazone groups is 1. The van der Waals surface area contributed by atoms with E-state index in [-0.39, 0.29) is 6.79 Å². The van der Waals surface area contributed by atoms with Gasteiger partial charge in [0.15, 0.2) is 16.6 Å². The molecule has 0 saturated carbocycles. The van der Waals surface area contributed by atoms with Gasteiger partial charge in [-0.1, -0.05) is 18.2 Å². The lowest BCUT2D eigenvalue weighted by molar-refractivity contribution is 0.174. The van der Waals surface area contributed by atoms with Crippen molar-refractivity contribution in [1.29, 1.82) is 0 Å². The number of benzene rings is 2. The molecule has 7 heteroatoms. The van der Waals surface area contributed by atoms with Crippen molar-refractivity contribution in [2.75, 3.05) is 19.2 Å². The topological polar surface area (TPSA) is 64.1 Å². The van der Waals surface area contributed by atoms with Gasteiger partial charge in [0, 0.05) is 17.3 Å². The normalized spacial score (nSPS) is 12.2. The second-order valence-corrected chi connectivity index (χ2v) is 5.05. The Hall–Kier alpha value is -2.80. The zero-order valence-corrected chi connectivity index (χ0v) is 13.2. The van der Waals surface area contributed by atoms with Crippen LogP contribution in [0.25, 0.3) is 0 Å². The Bertz CT molecular complexity index is 735. The quantitative estimate of drug-likeness (QED) is 0.511. The van der Waals surface area contributed by atoms with Crippen molar-refractivity contribution in [2.45, 2.75) is 0 Å². The van der Waals surface area contributed by atoms with E-state index in [1.165, 1.54) is 0 Å². The fourth-order valence-corrected chi connectivity index (χ4v) is 2.23. The molecule has 1 aliphatic heterocycles. The first-order valence-corrected chi connectivity index (χ1v) is 7.30. The van der Waals surface area contributed by atoms with Crippen LogP contribution in [0.2, 0.25) is 0 Å². The monoisotopic (exact) mass is 329 g/mol. The minimum atomic E-state index is 0.211. The number of fused-ring (bicyclic) bond motifs is 1. The van der Waals surface area contributed by atoms with Crippen LogP contribution in [0.1, 0.15) is 5.56 Å². The zero-order chi connectivity index (χ0) is 16.1. The van der Waals surface area contributed by atoms with E-state index in [0.29, 0.717) is 22.4 Å². The minimum absolute atomic E-state index is 0.211. The maximum absolute atomic E-state index is 5.35. The van der Waals surface area contributed by atoms with Gasteiger partial charge < -0.3 is 19.5 Å². The van der Waals surface area contributed by atoms with Crippen LogP contribution in [-0.4, -0.2) is 25.2 Å². The highest BCUT2D eigenvalue weighted by atomic mass is 32.1. The lowest BCUT2D eigenvalue weighted by Crippen LogP contribution is -2.23. The summed E-state index contributed by atoms with van der Waals surface area (Å²) in [5.41, 5.74) is 4.41. The third-order valence-electron chi connectivity index (χ3n) is 3.13. The summed E-state index contributed by atoms with van der Waals surface area (Å²) in [6, 6.07) is 13.2. The second-order valence-electron chi connectivity index (χ2n) is 4.64. The Labute approximate surface area is 139 Å². The molecular formula is C16H15N3O3S. The van der Waals surface area contributed by atoms with Gasteiger partial charge in [0.05, 0.1) is 13.3 Å². The fraction of sp³-hybridized carbons (Fsp3) is 0.125. The van der Waals surface area contributed by atoms with Gasteiger partial charge in [-0.05, 0) is 30.4 Å². The highest BCUT2D eigenvalue weighted by molar-refractivity contribution is 7.80. The Morgan fingerprint density at radius 1 is 1.22 bits per heavy atom. The van der Waals surface area contributed by atoms with Crippen molar-refractivity contribution in [3.8, 4) is 17.2 Å². The van der Waals surface area contributed by atoms with E-state index < -0.39 is 0 Å². The van der Waals surface area contributed by atoms with E-state index in [4.69, 9.17) is 26.4 Å². The minimum Gasteiger partial charge on any atom is -0.496 e. The number of rotatable bonds is 4. The average molecular weight is 329 g/mol. The molecule has 2 N–H and O–H groups in total. The van der Waals surface area contributed by atoms with Crippen LogP contribution < -0.4 is 25.0 Å². The number of anilines is 1. The highest BCUT2D eigenvalue weighted by Crippen LogP contribution is 2.37. The highest BCUT2D eigenvalue weighted by Gasteiger charge is 2.16. The predicted octanol–water partition coefficient (Wildman–Crippen LogP) is 2.74. The van der Waals surface area contributed by atoms with Gasteiger partial charge in [0.25, 0.3) is 0 Å². The van der Waals surface area contributed by atoms with Crippen LogP contribution in [-0.2, 0) is 0 Å². The maximum Gasteiger partial charge on any atom is 0.231 e. The largest absolute Gasteiger partial charge is 0.496 e. The molecule has 0 atom stereocenters. The fourth-order valence-electron chi connectivity index (χ4n) is 2.06. The molecule has 0 amide bonds. The van der Waals surface area contributed by atoms with Crippen LogP contribution in [0.4, 0.5) is 5.69 Å². The van der Waals surface area contributed by atoms with Gasteiger partial charge in [-0.25, -0.2) is 0 Å². The van der Waals surface area contributed by atoms with Crippen LogP contribution in [0.15, 0.2) is 47.6 Å². The summed E-state index contributed by atoms with van der Waals surface area (Å²) in [5.74, 6) is 1.96. The molecule has 6 nitrogen and oxygen atoms in total. The molecule has 118 valence electrons. The molecule has 0 aromatic heterocycles. The Balaban J connectivity index is 1.65. The van der Waals surface area contributed by atoms with E-state index in [1.54, 1.807) is 25.5 Å². The van der Waals surface area contributed by atoms with Crippen LogP contribution in [0.3, 0.4) is 0 Å². The number of ether oxygens (including phenoxy) is 3. The van der Waals surface area contributed by atoms with Gasteiger partial charge in [-0.2, -0.15) is 5.10 Å². The molecule has 0 spiro atoms. The van der Waals surface area contributed by atoms with Crippen LogP contribution in [0, 0.1) is 0 Å². The van der Waals surface area contributed by atoms with Crippen molar-refractivity contribution >= 4 is 29.2 Å². The summed E-state index contributed by atoms with van der Waals surface area (Å²) in [5, 5.41) is 7.54. The lowest BCUT2D eigenvalue weighted by atomic mass is 10.2. The van der Waals surface area contributed by atoms with Crippen molar-refractivity contribution in [3.63, 3.8) is 0 Å². The Morgan fingerprint density at radius 3 is 2.70 bits per heavy atom. The van der Waals surface area contributed by atoms with Gasteiger partial charge >= 0.3 is 0 Å². The molecular weight excluding hydrogens is 314 g/mol. The SMILES string of the molecule is COc1cc2c(cc1/C=N\NC(=S)Nc1ccccc1)OCO2. The molecule has 0 radical (unpaired) electrons. The van der Waals surface area contributed by atoms with Crippen molar-refractivity contribution < 1.29 is 14.2 Å². The summed E-state index contributed by atoms with van der Waals surface area (Å²) in [6.45, 7) is 0.211. The first kappa shape index (κ1) is 15.1. The molecule has 3 rings (SSSR count). The summed E-state index contributed by atoms with van der Waals surface area (Å²) in [4.78, 5) is 0. The molecule has 0 aliphatic carbocycles. The van der Waals surface area contributed by atoms with E-state index in [0.717, 1.165) is 11.3 Å². The van der Waals surface area contributed by atoms with Gasteiger partial charge in [0.1, 0.15) is 5.75 Å². The number of hydrogen-bond donors (Lipinski definition) is 2. The van der Waals surface area contributed by atoms with E-state index in [2.05, 4.69) is 15.8 Å². The van der Waals surface area contributed by atoms with Gasteiger partial charge in [-0.3, -0.25) is 5.43 Å². The van der Waals surface area contributed by atoms with Crippen molar-refractivity contribution in [3.05, 3.63) is 48.0 Å². The van der Waals surface area contributed by atoms with Crippen molar-refractivity contribution in [1.82, 2.24) is 5.43 Å². The van der Waals surface area contributed by atoms with E-state index >= 15 is 0 Å². The third-order valence-corrected chi connectivity index (χ3v) is 3.32. The molecule has 2 aromatic carbocycles. The standard InChI is InChI=1S/C16H15N3O3S/c1-20-13-8-15-14(21-10-22-15)7-11(13)9-17-19-16(23)18-12-5-3-2-4-6-12/h2-9H,10H2,1H3,(H2,18,19,23)/b17-9-. The molecule has 0 bridgehead atoms. The Morgan fingerprint density at radius 2 is 1.96 bits per heavy atom. The number of thiocarbonyl (C=S) groups is 1. The summed E-state index contributed by atoms with van der Waals surface area (Å²) < 4.78 is 16.0. The van der Waals surface area contributed by atoms with Crippen molar-refractivity contribution in [2.24, 2.45) is 5.10 Å². The molecule has 2 aromatic rings. The molecule has 1 aliphatic rings. The lowest BCUT2D eigenvalue weighted by Gasteiger charge is -2.08. The smallest absolute Gasteiger partial charge is 0.231 e. The molecule has 0 saturated heterocycles. The number of para-hydroxylation sites is 1. The zero-order valence-electron chi connectivity index (χ0n) is 12.4. The van der Waals surface area contributed by atoms with Gasteiger partial charge in [0.2, 0.25) is 6.79 Å². The molecule has 0 fully saturated rings.